The third-order valence-electron chi connectivity index (χ3n) is 5.74. The number of carbonyl (C=O) groups is 1. The van der Waals surface area contributed by atoms with Gasteiger partial charge in [0.1, 0.15) is 5.41 Å². The number of carbonyl (C=O) groups excluding carboxylic acids is 1. The van der Waals surface area contributed by atoms with Crippen molar-refractivity contribution in [2.45, 2.75) is 5.41 Å². The SMILES string of the molecule is O=C1NC(c2ccccc2)=C(c2ccccc2)C1(c1ccccc1)c1ccccc1. The van der Waals surface area contributed by atoms with Gasteiger partial charge < -0.3 is 5.32 Å². The van der Waals surface area contributed by atoms with Gasteiger partial charge in [-0.3, -0.25) is 4.79 Å². The molecule has 5 rings (SSSR count). The highest BCUT2D eigenvalue weighted by molar-refractivity contribution is 6.20. The van der Waals surface area contributed by atoms with E-state index in [1.165, 1.54) is 0 Å². The van der Waals surface area contributed by atoms with E-state index in [0.29, 0.717) is 0 Å². The Morgan fingerprint density at radius 1 is 0.500 bits per heavy atom. The number of hydrogen-bond donors (Lipinski definition) is 1. The molecule has 0 aliphatic carbocycles. The van der Waals surface area contributed by atoms with Crippen molar-refractivity contribution in [1.82, 2.24) is 5.32 Å². The van der Waals surface area contributed by atoms with Crippen LogP contribution in [0.4, 0.5) is 0 Å². The van der Waals surface area contributed by atoms with Crippen molar-refractivity contribution < 1.29 is 4.79 Å². The minimum Gasteiger partial charge on any atom is -0.324 e. The molecule has 0 aromatic heterocycles. The zero-order chi connectivity index (χ0) is 20.4. The van der Waals surface area contributed by atoms with Crippen LogP contribution in [0.2, 0.25) is 0 Å². The summed E-state index contributed by atoms with van der Waals surface area (Å²) in [6, 6.07) is 40.4. The lowest BCUT2D eigenvalue weighted by molar-refractivity contribution is -0.121. The molecule has 0 fully saturated rings. The lowest BCUT2D eigenvalue weighted by Crippen LogP contribution is -2.39. The molecule has 0 saturated heterocycles. The molecule has 1 heterocycles. The first-order chi connectivity index (χ1) is 14.8. The standard InChI is InChI=1S/C28H21NO/c30-27-28(23-17-9-3-10-18-23,24-19-11-4-12-20-24)25(21-13-5-1-6-14-21)26(29-27)22-15-7-2-8-16-22/h1-20H,(H,29,30). The van der Waals surface area contributed by atoms with Crippen molar-refractivity contribution in [2.75, 3.05) is 0 Å². The van der Waals surface area contributed by atoms with E-state index in [2.05, 4.69) is 17.4 Å². The van der Waals surface area contributed by atoms with Crippen LogP contribution in [0.15, 0.2) is 121 Å². The van der Waals surface area contributed by atoms with Crippen LogP contribution >= 0.6 is 0 Å². The highest BCUT2D eigenvalue weighted by atomic mass is 16.2. The van der Waals surface area contributed by atoms with E-state index in [9.17, 15) is 4.79 Å². The zero-order valence-electron chi connectivity index (χ0n) is 16.5. The number of benzene rings is 4. The normalized spacial score (nSPS) is 15.1. The quantitative estimate of drug-likeness (QED) is 0.480. The molecule has 0 unspecified atom stereocenters. The van der Waals surface area contributed by atoms with Gasteiger partial charge in [-0.1, -0.05) is 121 Å². The molecule has 1 amide bonds. The molecule has 30 heavy (non-hydrogen) atoms. The summed E-state index contributed by atoms with van der Waals surface area (Å²) in [5, 5.41) is 3.25. The van der Waals surface area contributed by atoms with Gasteiger partial charge in [-0.05, 0) is 22.3 Å². The van der Waals surface area contributed by atoms with Crippen molar-refractivity contribution >= 4 is 17.2 Å². The molecule has 1 aliphatic heterocycles. The predicted molar refractivity (Wildman–Crippen MR) is 122 cm³/mol. The molecule has 0 spiro atoms. The Bertz CT molecular complexity index is 1160. The van der Waals surface area contributed by atoms with Crippen LogP contribution in [0.3, 0.4) is 0 Å². The summed E-state index contributed by atoms with van der Waals surface area (Å²) in [7, 11) is 0. The van der Waals surface area contributed by atoms with Crippen molar-refractivity contribution in [3.63, 3.8) is 0 Å². The van der Waals surface area contributed by atoms with Gasteiger partial charge in [-0.2, -0.15) is 0 Å². The van der Waals surface area contributed by atoms with E-state index in [0.717, 1.165) is 33.5 Å². The van der Waals surface area contributed by atoms with Gasteiger partial charge in [0.2, 0.25) is 5.91 Å². The third-order valence-corrected chi connectivity index (χ3v) is 5.74. The summed E-state index contributed by atoms with van der Waals surface area (Å²) < 4.78 is 0. The predicted octanol–water partition coefficient (Wildman–Crippen LogP) is 5.67. The van der Waals surface area contributed by atoms with Gasteiger partial charge in [0.25, 0.3) is 0 Å². The molecule has 0 saturated carbocycles. The Kier molecular flexibility index (Phi) is 4.53. The maximum Gasteiger partial charge on any atom is 0.244 e. The first-order valence-electron chi connectivity index (χ1n) is 10.1. The second-order valence-corrected chi connectivity index (χ2v) is 7.42. The van der Waals surface area contributed by atoms with Gasteiger partial charge in [-0.25, -0.2) is 0 Å². The lowest BCUT2D eigenvalue weighted by Gasteiger charge is -2.31. The average molecular weight is 387 g/mol. The highest BCUT2D eigenvalue weighted by Gasteiger charge is 2.51. The Labute approximate surface area is 176 Å². The maximum absolute atomic E-state index is 13.9. The first-order valence-corrected chi connectivity index (χ1v) is 10.1. The second kappa shape index (κ2) is 7.49. The maximum atomic E-state index is 13.9. The van der Waals surface area contributed by atoms with Crippen LogP contribution in [-0.2, 0) is 10.2 Å². The Balaban J connectivity index is 1.91. The van der Waals surface area contributed by atoms with Crippen LogP contribution in [0.1, 0.15) is 22.3 Å². The van der Waals surface area contributed by atoms with Gasteiger partial charge in [0.15, 0.2) is 0 Å². The molecule has 1 N–H and O–H groups in total. The van der Waals surface area contributed by atoms with Crippen LogP contribution in [-0.4, -0.2) is 5.91 Å². The number of hydrogen-bond acceptors (Lipinski definition) is 1. The highest BCUT2D eigenvalue weighted by Crippen LogP contribution is 2.50. The van der Waals surface area contributed by atoms with E-state index in [-0.39, 0.29) is 5.91 Å². The molecule has 0 bridgehead atoms. The number of rotatable bonds is 4. The lowest BCUT2D eigenvalue weighted by atomic mass is 9.67. The van der Waals surface area contributed by atoms with Crippen molar-refractivity contribution in [2.24, 2.45) is 0 Å². The molecule has 1 aliphatic rings. The summed E-state index contributed by atoms with van der Waals surface area (Å²) in [5.41, 5.74) is 4.85. The fourth-order valence-electron chi connectivity index (χ4n) is 4.45. The Morgan fingerprint density at radius 3 is 1.37 bits per heavy atom. The molecule has 0 atom stereocenters. The van der Waals surface area contributed by atoms with Crippen LogP contribution in [0, 0.1) is 0 Å². The molecule has 2 heteroatoms. The van der Waals surface area contributed by atoms with E-state index >= 15 is 0 Å². The molecule has 0 radical (unpaired) electrons. The van der Waals surface area contributed by atoms with Gasteiger partial charge in [0, 0.05) is 5.57 Å². The molecule has 4 aromatic rings. The minimum absolute atomic E-state index is 0.0300. The van der Waals surface area contributed by atoms with Crippen LogP contribution in [0.5, 0.6) is 0 Å². The van der Waals surface area contributed by atoms with Crippen LogP contribution in [0.25, 0.3) is 11.3 Å². The van der Waals surface area contributed by atoms with Crippen molar-refractivity contribution in [1.29, 1.82) is 0 Å². The molecular formula is C28H21NO. The van der Waals surface area contributed by atoms with Gasteiger partial charge in [-0.15, -0.1) is 0 Å². The summed E-state index contributed by atoms with van der Waals surface area (Å²) in [6.45, 7) is 0. The van der Waals surface area contributed by atoms with E-state index < -0.39 is 5.41 Å². The Morgan fingerprint density at radius 2 is 0.900 bits per heavy atom. The van der Waals surface area contributed by atoms with E-state index in [1.54, 1.807) is 0 Å². The molecular weight excluding hydrogens is 366 g/mol. The molecule has 144 valence electrons. The summed E-state index contributed by atoms with van der Waals surface area (Å²) >= 11 is 0. The monoisotopic (exact) mass is 387 g/mol. The fourth-order valence-corrected chi connectivity index (χ4v) is 4.45. The topological polar surface area (TPSA) is 29.1 Å². The second-order valence-electron chi connectivity index (χ2n) is 7.42. The van der Waals surface area contributed by atoms with E-state index in [1.807, 2.05) is 109 Å². The average Bonchev–Trinajstić information content (AvgIpc) is 3.15. The summed E-state index contributed by atoms with van der Waals surface area (Å²) in [5.74, 6) is -0.0300. The van der Waals surface area contributed by atoms with Crippen molar-refractivity contribution in [3.8, 4) is 0 Å². The molecule has 2 nitrogen and oxygen atoms in total. The fraction of sp³-hybridized carbons (Fsp3) is 0.0357. The van der Waals surface area contributed by atoms with Gasteiger partial charge in [0.05, 0.1) is 5.70 Å². The first kappa shape index (κ1) is 18.1. The van der Waals surface area contributed by atoms with Gasteiger partial charge >= 0.3 is 0 Å². The Hall–Kier alpha value is -3.91. The number of nitrogens with one attached hydrogen (secondary N) is 1. The largest absolute Gasteiger partial charge is 0.324 e. The summed E-state index contributed by atoms with van der Waals surface area (Å²) in [6.07, 6.45) is 0. The summed E-state index contributed by atoms with van der Waals surface area (Å²) in [4.78, 5) is 13.9. The minimum atomic E-state index is -0.935. The zero-order valence-corrected chi connectivity index (χ0v) is 16.5. The third kappa shape index (κ3) is 2.77. The number of amides is 1. The smallest absolute Gasteiger partial charge is 0.244 e. The van der Waals surface area contributed by atoms with Crippen molar-refractivity contribution in [3.05, 3.63) is 144 Å². The van der Waals surface area contributed by atoms with E-state index in [4.69, 9.17) is 0 Å². The molecule has 4 aromatic carbocycles. The van der Waals surface area contributed by atoms with Crippen LogP contribution < -0.4 is 5.32 Å².